The number of aliphatic hydroxyl groups is 1. The Morgan fingerprint density at radius 1 is 1.07 bits per heavy atom. The van der Waals surface area contributed by atoms with E-state index in [9.17, 15) is 28.7 Å². The van der Waals surface area contributed by atoms with E-state index in [1.165, 1.54) is 10.9 Å². The van der Waals surface area contributed by atoms with Crippen LogP contribution in [0.5, 0.6) is 0 Å². The normalized spacial score (nSPS) is 12.4. The third kappa shape index (κ3) is 16.5. The van der Waals surface area contributed by atoms with Crippen LogP contribution in [0.2, 0.25) is 0 Å². The molecule has 0 aliphatic carbocycles. The molecule has 0 amide bonds. The van der Waals surface area contributed by atoms with Gasteiger partial charge in [-0.2, -0.15) is 0 Å². The second-order valence-corrected chi connectivity index (χ2v) is 9.81. The van der Waals surface area contributed by atoms with Gasteiger partial charge in [-0.05, 0) is 26.7 Å². The van der Waals surface area contributed by atoms with Gasteiger partial charge >= 0.3 is 118 Å². The Morgan fingerprint density at radius 3 is 2.07 bits per heavy atom. The minimum atomic E-state index is -5.61. The van der Waals surface area contributed by atoms with Gasteiger partial charge in [0.15, 0.2) is 0 Å². The Kier molecular flexibility index (Phi) is 25.5. The molecule has 0 aliphatic heterocycles. The van der Waals surface area contributed by atoms with Crippen molar-refractivity contribution >= 4 is 15.2 Å². The Balaban J connectivity index is -0.000000845. The van der Waals surface area contributed by atoms with E-state index in [2.05, 4.69) is 10.3 Å². The molecule has 1 aromatic heterocycles. The quantitative estimate of drug-likeness (QED) is 0.187. The summed E-state index contributed by atoms with van der Waals surface area (Å²) in [6.07, 6.45) is 5.80. The van der Waals surface area contributed by atoms with Crippen LogP contribution in [-0.2, 0) is 22.1 Å². The van der Waals surface area contributed by atoms with Crippen molar-refractivity contribution in [3.05, 3.63) is 35.2 Å². The number of aliphatic hydroxyl groups excluding tert-OH is 1. The van der Waals surface area contributed by atoms with Crippen LogP contribution in [0.15, 0.2) is 29.5 Å². The summed E-state index contributed by atoms with van der Waals surface area (Å²) < 4.78 is 23.3. The second kappa shape index (κ2) is 19.1. The third-order valence-electron chi connectivity index (χ3n) is 3.62. The van der Waals surface area contributed by atoms with Crippen molar-refractivity contribution in [3.63, 3.8) is 0 Å². The van der Waals surface area contributed by atoms with Gasteiger partial charge in [-0.1, -0.05) is 43.7 Å². The van der Waals surface area contributed by atoms with E-state index < -0.39 is 27.0 Å². The van der Waals surface area contributed by atoms with Crippen molar-refractivity contribution in [1.82, 2.24) is 15.0 Å². The zero-order valence-corrected chi connectivity index (χ0v) is 28.3. The molecule has 148 valence electrons. The van der Waals surface area contributed by atoms with Crippen LogP contribution >= 0.6 is 15.2 Å². The summed E-state index contributed by atoms with van der Waals surface area (Å²) >= 11 is 0. The summed E-state index contributed by atoms with van der Waals surface area (Å²) in [4.78, 5) is 44.0. The third-order valence-corrected chi connectivity index (χ3v) is 7.14. The van der Waals surface area contributed by atoms with Crippen molar-refractivity contribution in [2.75, 3.05) is 6.61 Å². The molecule has 1 aromatic rings. The van der Waals surface area contributed by atoms with Crippen molar-refractivity contribution in [3.8, 4) is 0 Å². The smallest absolute Gasteiger partial charge is 0.810 e. The van der Waals surface area contributed by atoms with Crippen LogP contribution in [-0.4, -0.2) is 32.1 Å². The molecule has 0 fully saturated rings. The molecule has 0 unspecified atom stereocenters. The topological polar surface area (TPSA) is 177 Å². The number of hydrogen-bond donors (Lipinski definition) is 1. The summed E-state index contributed by atoms with van der Waals surface area (Å²) in [5, 5.41) is 13.7. The molecule has 0 bridgehead atoms. The van der Waals surface area contributed by atoms with Gasteiger partial charge in [-0.3, -0.25) is 0 Å². The first-order chi connectivity index (χ1) is 11.9. The van der Waals surface area contributed by atoms with Gasteiger partial charge in [-0.25, -0.2) is 4.68 Å². The molecule has 0 saturated carbocycles. The molecule has 0 saturated heterocycles. The predicted octanol–water partition coefficient (Wildman–Crippen LogP) is -13.3. The zero-order chi connectivity index (χ0) is 20.0. The molecule has 10 nitrogen and oxygen atoms in total. The van der Waals surface area contributed by atoms with Crippen LogP contribution in [0.3, 0.4) is 0 Å². The van der Waals surface area contributed by atoms with Gasteiger partial charge in [0.1, 0.15) is 0 Å². The van der Waals surface area contributed by atoms with Gasteiger partial charge < -0.3 is 33.8 Å². The van der Waals surface area contributed by atoms with E-state index in [0.29, 0.717) is 6.54 Å². The first kappa shape index (κ1) is 40.1. The molecule has 0 aromatic carbocycles. The molecular weight excluding hydrogens is 476 g/mol. The SMILES string of the molecule is CC(=CCn1cc(CC(P(=O)([O-])[O-])P(=O)([O-])[O-])nn1)CC/C=C(\C)CO.[Na+].[Na+].[Na+].[Na+]. The number of nitrogens with zero attached hydrogens (tertiary/aromatic N) is 3. The number of aromatic nitrogens is 3. The van der Waals surface area contributed by atoms with Crippen molar-refractivity contribution < 1.29 is 152 Å². The standard InChI is InChI=1S/C14H25N3O7P2.4Na/c1-11(4-3-5-12(2)10-18)6-7-17-9-13(15-16-17)8-14(25(19,20)21)26(22,23)24;;;;/h5-6,9,14,18H,3-4,7-8,10H2,1-2H3,(H2,19,20,21)(H2,22,23,24);;;;/q;4*+1/p-4/b11-6?,12-5+;;;;. The summed E-state index contributed by atoms with van der Waals surface area (Å²) in [6.45, 7) is 4.07. The van der Waals surface area contributed by atoms with Gasteiger partial charge in [0.05, 0.1) is 18.8 Å². The van der Waals surface area contributed by atoms with E-state index in [1.54, 1.807) is 0 Å². The summed E-state index contributed by atoms with van der Waals surface area (Å²) in [5.74, 6) is 0. The fraction of sp³-hybridized carbons (Fsp3) is 0.571. The van der Waals surface area contributed by atoms with E-state index >= 15 is 0 Å². The number of rotatable bonds is 10. The maximum Gasteiger partial charge on any atom is 1.00 e. The van der Waals surface area contributed by atoms with Crippen molar-refractivity contribution in [2.45, 2.75) is 45.1 Å². The van der Waals surface area contributed by atoms with Gasteiger partial charge in [-0.15, -0.1) is 5.10 Å². The molecule has 1 heterocycles. The molecule has 1 rings (SSSR count). The van der Waals surface area contributed by atoms with Gasteiger partial charge in [0, 0.05) is 18.0 Å². The second-order valence-electron chi connectivity index (χ2n) is 5.99. The maximum absolute atomic E-state index is 11.0. The first-order valence-corrected chi connectivity index (χ1v) is 11.0. The molecule has 0 radical (unpaired) electrons. The molecule has 30 heavy (non-hydrogen) atoms. The zero-order valence-electron chi connectivity index (χ0n) is 18.5. The molecule has 0 atom stereocenters. The van der Waals surface area contributed by atoms with Crippen molar-refractivity contribution in [2.24, 2.45) is 0 Å². The molecule has 16 heteroatoms. The van der Waals surface area contributed by atoms with Crippen LogP contribution in [0.1, 0.15) is 32.4 Å². The van der Waals surface area contributed by atoms with Crippen LogP contribution < -0.4 is 138 Å². The number of allylic oxidation sites excluding steroid dienone is 3. The monoisotopic (exact) mass is 497 g/mol. The van der Waals surface area contributed by atoms with Gasteiger partial charge in [0.2, 0.25) is 0 Å². The molecular formula is C14H21N3Na4O7P2. The summed E-state index contributed by atoms with van der Waals surface area (Å²) in [5.41, 5.74) is 1.87. The largest absolute Gasteiger partial charge is 1.00 e. The fourth-order valence-electron chi connectivity index (χ4n) is 2.07. The Bertz CT molecular complexity index is 742. The van der Waals surface area contributed by atoms with E-state index in [-0.39, 0.29) is 131 Å². The average Bonchev–Trinajstić information content (AvgIpc) is 2.96. The van der Waals surface area contributed by atoms with E-state index in [1.807, 2.05) is 26.0 Å². The Hall–Kier alpha value is 2.88. The van der Waals surface area contributed by atoms with E-state index in [4.69, 9.17) is 5.11 Å². The minimum Gasteiger partial charge on any atom is -0.810 e. The minimum absolute atomic E-state index is 0. The van der Waals surface area contributed by atoms with E-state index in [0.717, 1.165) is 24.0 Å². The predicted molar refractivity (Wildman–Crippen MR) is 86.6 cm³/mol. The molecule has 1 N–H and O–H groups in total. The van der Waals surface area contributed by atoms with Crippen LogP contribution in [0.25, 0.3) is 0 Å². The Morgan fingerprint density at radius 2 is 1.60 bits per heavy atom. The van der Waals surface area contributed by atoms with Gasteiger partial charge in [0.25, 0.3) is 0 Å². The van der Waals surface area contributed by atoms with Crippen molar-refractivity contribution in [1.29, 1.82) is 0 Å². The first-order valence-electron chi connectivity index (χ1n) is 7.78. The molecule has 0 aliphatic rings. The summed E-state index contributed by atoms with van der Waals surface area (Å²) in [7, 11) is -11.2. The molecule has 0 spiro atoms. The van der Waals surface area contributed by atoms with Crippen LogP contribution in [0.4, 0.5) is 0 Å². The maximum atomic E-state index is 11.0. The van der Waals surface area contributed by atoms with Crippen LogP contribution in [0, 0.1) is 0 Å². The summed E-state index contributed by atoms with van der Waals surface area (Å²) in [6, 6.07) is 0. The Labute approximate surface area is 265 Å². The fourth-order valence-corrected chi connectivity index (χ4v) is 4.27. The number of hydrogen-bond acceptors (Lipinski definition) is 9. The average molecular weight is 497 g/mol.